The molecule has 2 aromatic carbocycles. The third kappa shape index (κ3) is 4.82. The Hall–Kier alpha value is -3.41. The van der Waals surface area contributed by atoms with Crippen LogP contribution in [0.4, 0.5) is 15.9 Å². The minimum Gasteiger partial charge on any atom is -0.489 e. The number of amides is 1. The van der Waals surface area contributed by atoms with E-state index >= 15 is 0 Å². The van der Waals surface area contributed by atoms with Gasteiger partial charge in [0.15, 0.2) is 0 Å². The third-order valence-corrected chi connectivity index (χ3v) is 3.86. The Labute approximate surface area is 157 Å². The SMILES string of the molecule is CN(C)c1ncccc1C(=O)Nc1ccc(OCc2cccc(F)c2)cc1. The molecule has 0 radical (unpaired) electrons. The van der Waals surface area contributed by atoms with E-state index in [4.69, 9.17) is 4.74 Å². The molecule has 1 N–H and O–H groups in total. The van der Waals surface area contributed by atoms with E-state index in [1.807, 2.05) is 14.1 Å². The predicted molar refractivity (Wildman–Crippen MR) is 104 cm³/mol. The summed E-state index contributed by atoms with van der Waals surface area (Å²) in [6.45, 7) is 0.269. The van der Waals surface area contributed by atoms with Crippen molar-refractivity contribution in [2.24, 2.45) is 0 Å². The summed E-state index contributed by atoms with van der Waals surface area (Å²) in [7, 11) is 3.67. The highest BCUT2D eigenvalue weighted by Gasteiger charge is 2.13. The fourth-order valence-corrected chi connectivity index (χ4v) is 2.56. The first-order chi connectivity index (χ1) is 13.0. The number of carbonyl (C=O) groups is 1. The second-order valence-electron chi connectivity index (χ2n) is 6.17. The van der Waals surface area contributed by atoms with E-state index in [1.165, 1.54) is 12.1 Å². The second kappa shape index (κ2) is 8.31. The molecule has 0 aliphatic rings. The largest absolute Gasteiger partial charge is 0.489 e. The molecule has 27 heavy (non-hydrogen) atoms. The highest BCUT2D eigenvalue weighted by atomic mass is 19.1. The first-order valence-electron chi connectivity index (χ1n) is 8.44. The molecule has 1 heterocycles. The van der Waals surface area contributed by atoms with Crippen molar-refractivity contribution in [3.05, 3.63) is 83.8 Å². The van der Waals surface area contributed by atoms with Gasteiger partial charge in [0.05, 0.1) is 5.56 Å². The molecule has 0 unspecified atom stereocenters. The molecule has 0 aliphatic carbocycles. The van der Waals surface area contributed by atoms with Crippen LogP contribution in [0.3, 0.4) is 0 Å². The summed E-state index contributed by atoms with van der Waals surface area (Å²) in [6, 6.07) is 16.8. The van der Waals surface area contributed by atoms with Gasteiger partial charge >= 0.3 is 0 Å². The maximum atomic E-state index is 13.2. The van der Waals surface area contributed by atoms with Crippen molar-refractivity contribution in [2.45, 2.75) is 6.61 Å². The van der Waals surface area contributed by atoms with Gasteiger partial charge in [-0.15, -0.1) is 0 Å². The van der Waals surface area contributed by atoms with Crippen LogP contribution in [0, 0.1) is 5.82 Å². The fourth-order valence-electron chi connectivity index (χ4n) is 2.56. The molecule has 0 aliphatic heterocycles. The van der Waals surface area contributed by atoms with Gasteiger partial charge in [0.2, 0.25) is 0 Å². The van der Waals surface area contributed by atoms with Crippen LogP contribution >= 0.6 is 0 Å². The number of carbonyl (C=O) groups excluding carboxylic acids is 1. The lowest BCUT2D eigenvalue weighted by molar-refractivity contribution is 0.102. The number of anilines is 2. The quantitative estimate of drug-likeness (QED) is 0.714. The average Bonchev–Trinajstić information content (AvgIpc) is 2.67. The molecular formula is C21H20FN3O2. The minimum absolute atomic E-state index is 0.236. The van der Waals surface area contributed by atoms with Gasteiger partial charge in [-0.3, -0.25) is 4.79 Å². The van der Waals surface area contributed by atoms with E-state index in [0.717, 1.165) is 5.56 Å². The molecule has 6 heteroatoms. The summed E-state index contributed by atoms with van der Waals surface area (Å²) in [5.41, 5.74) is 1.89. The summed E-state index contributed by atoms with van der Waals surface area (Å²) < 4.78 is 18.8. The Bertz CT molecular complexity index is 927. The van der Waals surface area contributed by atoms with Crippen LogP contribution in [0.1, 0.15) is 15.9 Å². The number of aromatic nitrogens is 1. The van der Waals surface area contributed by atoms with Gasteiger partial charge in [0.1, 0.15) is 24.0 Å². The predicted octanol–water partition coefficient (Wildman–Crippen LogP) is 4.12. The Morgan fingerprint density at radius 2 is 1.89 bits per heavy atom. The maximum absolute atomic E-state index is 13.2. The van der Waals surface area contributed by atoms with Crippen LogP contribution in [-0.2, 0) is 6.61 Å². The van der Waals surface area contributed by atoms with Crippen LogP contribution in [0.15, 0.2) is 66.9 Å². The molecule has 1 aromatic heterocycles. The standard InChI is InChI=1S/C21H20FN3O2/c1-25(2)20-19(7-4-12-23-20)21(26)24-17-8-10-18(11-9-17)27-14-15-5-3-6-16(22)13-15/h3-13H,14H2,1-2H3,(H,24,26). The van der Waals surface area contributed by atoms with Crippen LogP contribution in [0.5, 0.6) is 5.75 Å². The monoisotopic (exact) mass is 365 g/mol. The van der Waals surface area contributed by atoms with Crippen molar-refractivity contribution in [2.75, 3.05) is 24.3 Å². The van der Waals surface area contributed by atoms with E-state index in [0.29, 0.717) is 22.8 Å². The number of nitrogens with one attached hydrogen (secondary N) is 1. The van der Waals surface area contributed by atoms with Gasteiger partial charge in [-0.1, -0.05) is 12.1 Å². The zero-order valence-electron chi connectivity index (χ0n) is 15.1. The third-order valence-electron chi connectivity index (χ3n) is 3.86. The molecule has 0 bridgehead atoms. The Balaban J connectivity index is 1.63. The molecule has 0 fully saturated rings. The Kier molecular flexibility index (Phi) is 5.66. The minimum atomic E-state index is -0.290. The number of ether oxygens (including phenoxy) is 1. The first kappa shape index (κ1) is 18.4. The molecule has 0 saturated carbocycles. The lowest BCUT2D eigenvalue weighted by Gasteiger charge is -2.15. The second-order valence-corrected chi connectivity index (χ2v) is 6.17. The zero-order valence-corrected chi connectivity index (χ0v) is 15.1. The average molecular weight is 365 g/mol. The molecule has 138 valence electrons. The van der Waals surface area contributed by atoms with E-state index in [2.05, 4.69) is 10.3 Å². The number of benzene rings is 2. The summed E-state index contributed by atoms with van der Waals surface area (Å²) in [6.07, 6.45) is 1.65. The molecule has 3 rings (SSSR count). The van der Waals surface area contributed by atoms with Crippen molar-refractivity contribution in [3.63, 3.8) is 0 Å². The smallest absolute Gasteiger partial charge is 0.259 e. The summed E-state index contributed by atoms with van der Waals surface area (Å²) >= 11 is 0. The van der Waals surface area contributed by atoms with Gasteiger partial charge in [-0.2, -0.15) is 0 Å². The maximum Gasteiger partial charge on any atom is 0.259 e. The highest BCUT2D eigenvalue weighted by molar-refractivity contribution is 6.07. The number of hydrogen-bond acceptors (Lipinski definition) is 4. The number of hydrogen-bond donors (Lipinski definition) is 1. The Morgan fingerprint density at radius 1 is 1.11 bits per heavy atom. The first-order valence-corrected chi connectivity index (χ1v) is 8.44. The summed E-state index contributed by atoms with van der Waals surface area (Å²) in [4.78, 5) is 18.5. The van der Waals surface area contributed by atoms with Crippen LogP contribution < -0.4 is 15.0 Å². The van der Waals surface area contributed by atoms with Gasteiger partial charge in [0, 0.05) is 26.0 Å². The van der Waals surface area contributed by atoms with E-state index in [1.54, 1.807) is 59.6 Å². The summed E-state index contributed by atoms with van der Waals surface area (Å²) in [5.74, 6) is 0.708. The lowest BCUT2D eigenvalue weighted by Crippen LogP contribution is -2.19. The number of halogens is 1. The molecule has 3 aromatic rings. The van der Waals surface area contributed by atoms with Gasteiger partial charge in [-0.25, -0.2) is 9.37 Å². The topological polar surface area (TPSA) is 54.5 Å². The fraction of sp³-hybridized carbons (Fsp3) is 0.143. The molecule has 1 amide bonds. The van der Waals surface area contributed by atoms with Crippen LogP contribution in [0.2, 0.25) is 0 Å². The Morgan fingerprint density at radius 3 is 2.59 bits per heavy atom. The van der Waals surface area contributed by atoms with Gasteiger partial charge in [0.25, 0.3) is 5.91 Å². The van der Waals surface area contributed by atoms with Gasteiger partial charge in [-0.05, 0) is 54.1 Å². The lowest BCUT2D eigenvalue weighted by atomic mass is 10.2. The number of rotatable bonds is 6. The normalized spacial score (nSPS) is 10.3. The van der Waals surface area contributed by atoms with Crippen LogP contribution in [-0.4, -0.2) is 25.0 Å². The van der Waals surface area contributed by atoms with Crippen molar-refractivity contribution < 1.29 is 13.9 Å². The number of pyridine rings is 1. The van der Waals surface area contributed by atoms with Crippen molar-refractivity contribution in [1.29, 1.82) is 0 Å². The molecule has 0 atom stereocenters. The van der Waals surface area contributed by atoms with E-state index in [-0.39, 0.29) is 18.3 Å². The molecule has 5 nitrogen and oxygen atoms in total. The van der Waals surface area contributed by atoms with E-state index < -0.39 is 0 Å². The summed E-state index contributed by atoms with van der Waals surface area (Å²) in [5, 5.41) is 2.85. The number of nitrogens with zero attached hydrogens (tertiary/aromatic N) is 2. The van der Waals surface area contributed by atoms with Crippen molar-refractivity contribution in [3.8, 4) is 5.75 Å². The van der Waals surface area contributed by atoms with Crippen LogP contribution in [0.25, 0.3) is 0 Å². The molecular weight excluding hydrogens is 345 g/mol. The molecule has 0 spiro atoms. The van der Waals surface area contributed by atoms with Crippen molar-refractivity contribution in [1.82, 2.24) is 4.98 Å². The highest BCUT2D eigenvalue weighted by Crippen LogP contribution is 2.20. The van der Waals surface area contributed by atoms with Crippen molar-refractivity contribution >= 4 is 17.4 Å². The van der Waals surface area contributed by atoms with Gasteiger partial charge < -0.3 is 15.0 Å². The zero-order chi connectivity index (χ0) is 19.2. The van der Waals surface area contributed by atoms with E-state index in [9.17, 15) is 9.18 Å². The molecule has 0 saturated heterocycles.